The van der Waals surface area contributed by atoms with Gasteiger partial charge in [0.2, 0.25) is 0 Å². The van der Waals surface area contributed by atoms with Crippen molar-refractivity contribution in [3.05, 3.63) is 34.1 Å². The van der Waals surface area contributed by atoms with Gasteiger partial charge in [0.1, 0.15) is 5.82 Å². The average molecular weight is 357 g/mol. The third-order valence-electron chi connectivity index (χ3n) is 4.18. The van der Waals surface area contributed by atoms with Gasteiger partial charge in [-0.25, -0.2) is 4.39 Å². The summed E-state index contributed by atoms with van der Waals surface area (Å²) in [5, 5.41) is 3.55. The quantitative estimate of drug-likeness (QED) is 0.814. The first-order valence-electron chi connectivity index (χ1n) is 7.89. The maximum Gasteiger partial charge on any atom is 0.129 e. The van der Waals surface area contributed by atoms with E-state index in [0.717, 1.165) is 29.7 Å². The monoisotopic (exact) mass is 356 g/mol. The van der Waals surface area contributed by atoms with Gasteiger partial charge in [-0.3, -0.25) is 4.90 Å². The number of nitrogens with one attached hydrogen (secondary N) is 1. The summed E-state index contributed by atoms with van der Waals surface area (Å²) in [4.78, 5) is 2.42. The molecule has 118 valence electrons. The Hall–Kier alpha value is -0.450. The van der Waals surface area contributed by atoms with Crippen LogP contribution in [0, 0.1) is 11.7 Å². The van der Waals surface area contributed by atoms with E-state index in [0.29, 0.717) is 12.0 Å². The van der Waals surface area contributed by atoms with E-state index in [9.17, 15) is 4.39 Å². The molecule has 1 aliphatic heterocycles. The van der Waals surface area contributed by atoms with E-state index in [-0.39, 0.29) is 11.9 Å². The molecule has 0 spiro atoms. The zero-order valence-electron chi connectivity index (χ0n) is 13.2. The highest BCUT2D eigenvalue weighted by atomic mass is 79.9. The van der Waals surface area contributed by atoms with Crippen LogP contribution in [-0.2, 0) is 0 Å². The molecule has 1 fully saturated rings. The molecule has 0 radical (unpaired) electrons. The first-order valence-corrected chi connectivity index (χ1v) is 8.69. The Morgan fingerprint density at radius 2 is 2.14 bits per heavy atom. The Bertz CT molecular complexity index is 458. The summed E-state index contributed by atoms with van der Waals surface area (Å²) >= 11 is 3.33. The molecule has 1 aromatic rings. The highest BCUT2D eigenvalue weighted by molar-refractivity contribution is 9.10. The minimum absolute atomic E-state index is 0.0999. The molecule has 1 saturated heterocycles. The summed E-state index contributed by atoms with van der Waals surface area (Å²) in [6.07, 6.45) is 2.48. The molecule has 0 aromatic heterocycles. The zero-order chi connectivity index (χ0) is 15.4. The van der Waals surface area contributed by atoms with Crippen LogP contribution < -0.4 is 5.32 Å². The largest absolute Gasteiger partial charge is 0.313 e. The molecule has 1 aromatic carbocycles. The molecule has 21 heavy (non-hydrogen) atoms. The van der Waals surface area contributed by atoms with Crippen LogP contribution in [0.5, 0.6) is 0 Å². The van der Waals surface area contributed by atoms with E-state index >= 15 is 0 Å². The van der Waals surface area contributed by atoms with Crippen molar-refractivity contribution in [1.29, 1.82) is 0 Å². The van der Waals surface area contributed by atoms with Crippen LogP contribution in [0.3, 0.4) is 0 Å². The van der Waals surface area contributed by atoms with Gasteiger partial charge >= 0.3 is 0 Å². The Morgan fingerprint density at radius 1 is 1.38 bits per heavy atom. The SMILES string of the molecule is CC(C)CN(CC1CCCN1)C(C)c1ccc(Br)cc1F. The van der Waals surface area contributed by atoms with Crippen LogP contribution in [0.4, 0.5) is 4.39 Å². The fraction of sp³-hybridized carbons (Fsp3) is 0.647. The van der Waals surface area contributed by atoms with Crippen LogP contribution in [-0.4, -0.2) is 30.6 Å². The number of halogens is 2. The lowest BCUT2D eigenvalue weighted by atomic mass is 10.0. The Morgan fingerprint density at radius 3 is 2.71 bits per heavy atom. The van der Waals surface area contributed by atoms with Gasteiger partial charge in [0, 0.05) is 35.2 Å². The number of hydrogen-bond donors (Lipinski definition) is 1. The lowest BCUT2D eigenvalue weighted by Gasteiger charge is -2.33. The number of benzene rings is 1. The molecule has 0 bridgehead atoms. The van der Waals surface area contributed by atoms with Crippen molar-refractivity contribution < 1.29 is 4.39 Å². The van der Waals surface area contributed by atoms with Gasteiger partial charge in [-0.15, -0.1) is 0 Å². The van der Waals surface area contributed by atoms with Gasteiger partial charge < -0.3 is 5.32 Å². The second kappa shape index (κ2) is 7.70. The molecule has 0 aliphatic carbocycles. The smallest absolute Gasteiger partial charge is 0.129 e. The van der Waals surface area contributed by atoms with Crippen molar-refractivity contribution in [2.45, 2.75) is 45.7 Å². The van der Waals surface area contributed by atoms with Gasteiger partial charge in [-0.1, -0.05) is 35.8 Å². The summed E-state index contributed by atoms with van der Waals surface area (Å²) in [6.45, 7) is 9.66. The summed E-state index contributed by atoms with van der Waals surface area (Å²) in [5.41, 5.74) is 0.789. The van der Waals surface area contributed by atoms with Gasteiger partial charge in [-0.2, -0.15) is 0 Å². The molecule has 2 nitrogen and oxygen atoms in total. The van der Waals surface area contributed by atoms with E-state index in [1.807, 2.05) is 12.1 Å². The third-order valence-corrected chi connectivity index (χ3v) is 4.67. The fourth-order valence-electron chi connectivity index (χ4n) is 3.09. The molecule has 2 rings (SSSR count). The van der Waals surface area contributed by atoms with Crippen molar-refractivity contribution in [2.24, 2.45) is 5.92 Å². The second-order valence-electron chi connectivity index (χ2n) is 6.48. The van der Waals surface area contributed by atoms with Crippen LogP contribution in [0.15, 0.2) is 22.7 Å². The molecular formula is C17H26BrFN2. The summed E-state index contributed by atoms with van der Waals surface area (Å²) in [5.74, 6) is 0.456. The highest BCUT2D eigenvalue weighted by Crippen LogP contribution is 2.27. The summed E-state index contributed by atoms with van der Waals surface area (Å²) < 4.78 is 15.0. The first kappa shape index (κ1) is 16.9. The summed E-state index contributed by atoms with van der Waals surface area (Å²) in [6, 6.07) is 6.04. The topological polar surface area (TPSA) is 15.3 Å². The highest BCUT2D eigenvalue weighted by Gasteiger charge is 2.24. The maximum absolute atomic E-state index is 14.2. The zero-order valence-corrected chi connectivity index (χ0v) is 14.8. The van der Waals surface area contributed by atoms with E-state index < -0.39 is 0 Å². The lowest BCUT2D eigenvalue weighted by molar-refractivity contribution is 0.169. The van der Waals surface area contributed by atoms with Crippen LogP contribution in [0.1, 0.15) is 45.2 Å². The van der Waals surface area contributed by atoms with Crippen LogP contribution >= 0.6 is 15.9 Å². The molecule has 0 amide bonds. The van der Waals surface area contributed by atoms with E-state index in [2.05, 4.69) is 46.9 Å². The molecule has 0 saturated carbocycles. The summed E-state index contributed by atoms with van der Waals surface area (Å²) in [7, 11) is 0. The minimum atomic E-state index is -0.120. The van der Waals surface area contributed by atoms with E-state index in [1.54, 1.807) is 6.07 Å². The molecule has 1 N–H and O–H groups in total. The van der Waals surface area contributed by atoms with Gasteiger partial charge in [-0.05, 0) is 44.4 Å². The standard InChI is InChI=1S/C17H26BrFN2/c1-12(2)10-21(11-15-5-4-8-20-15)13(3)16-7-6-14(18)9-17(16)19/h6-7,9,12-13,15,20H,4-5,8,10-11H2,1-3H3. The van der Waals surface area contributed by atoms with Crippen LogP contribution in [0.2, 0.25) is 0 Å². The molecule has 1 aliphatic rings. The average Bonchev–Trinajstić information content (AvgIpc) is 2.89. The minimum Gasteiger partial charge on any atom is -0.313 e. The van der Waals surface area contributed by atoms with Crippen molar-refractivity contribution in [1.82, 2.24) is 10.2 Å². The van der Waals surface area contributed by atoms with Crippen LogP contribution in [0.25, 0.3) is 0 Å². The van der Waals surface area contributed by atoms with Gasteiger partial charge in [0.25, 0.3) is 0 Å². The Labute approximate surface area is 136 Å². The normalized spacial score (nSPS) is 20.4. The molecular weight excluding hydrogens is 331 g/mol. The molecule has 1 heterocycles. The van der Waals surface area contributed by atoms with E-state index in [4.69, 9.17) is 0 Å². The molecule has 2 unspecified atom stereocenters. The third kappa shape index (κ3) is 4.76. The fourth-order valence-corrected chi connectivity index (χ4v) is 3.43. The van der Waals surface area contributed by atoms with Gasteiger partial charge in [0.05, 0.1) is 0 Å². The predicted octanol–water partition coefficient (Wildman–Crippen LogP) is 4.36. The number of nitrogens with zero attached hydrogens (tertiary/aromatic N) is 1. The van der Waals surface area contributed by atoms with Crippen molar-refractivity contribution in [3.63, 3.8) is 0 Å². The van der Waals surface area contributed by atoms with Gasteiger partial charge in [0.15, 0.2) is 0 Å². The number of hydrogen-bond acceptors (Lipinski definition) is 2. The lowest BCUT2D eigenvalue weighted by Crippen LogP contribution is -2.40. The molecule has 2 atom stereocenters. The van der Waals surface area contributed by atoms with Crippen molar-refractivity contribution in [3.8, 4) is 0 Å². The second-order valence-corrected chi connectivity index (χ2v) is 7.40. The Kier molecular flexibility index (Phi) is 6.20. The number of rotatable bonds is 6. The molecule has 4 heteroatoms. The first-order chi connectivity index (χ1) is 9.97. The van der Waals surface area contributed by atoms with Crippen molar-refractivity contribution in [2.75, 3.05) is 19.6 Å². The predicted molar refractivity (Wildman–Crippen MR) is 90.0 cm³/mol. The van der Waals surface area contributed by atoms with Crippen molar-refractivity contribution >= 4 is 15.9 Å². The Balaban J connectivity index is 2.13. The van der Waals surface area contributed by atoms with E-state index in [1.165, 1.54) is 12.8 Å². The maximum atomic E-state index is 14.2.